The average Bonchev–Trinajstić information content (AvgIpc) is 3.28. The number of Topliss-reactive ketones (excluding diaryl/α,β-unsaturated/α-hetero) is 1. The molecule has 232 valence electrons. The van der Waals surface area contributed by atoms with Crippen LogP contribution in [-0.2, 0) is 43.1 Å². The molecule has 3 fully saturated rings. The van der Waals surface area contributed by atoms with Crippen molar-refractivity contribution < 1.29 is 44.4 Å². The van der Waals surface area contributed by atoms with Crippen molar-refractivity contribution in [3.63, 3.8) is 0 Å². The summed E-state index contributed by atoms with van der Waals surface area (Å²) >= 11 is 0. The second kappa shape index (κ2) is 9.93. The van der Waals surface area contributed by atoms with E-state index in [0.29, 0.717) is 26.3 Å². The lowest BCUT2D eigenvalue weighted by Gasteiger charge is -2.33. The van der Waals surface area contributed by atoms with Crippen LogP contribution in [0.5, 0.6) is 0 Å². The van der Waals surface area contributed by atoms with Crippen molar-refractivity contribution in [1.29, 1.82) is 0 Å². The van der Waals surface area contributed by atoms with E-state index in [4.69, 9.17) is 8.47 Å². The van der Waals surface area contributed by atoms with Crippen molar-refractivity contribution in [2.45, 2.75) is 22.1 Å². The number of fused-ring (bicyclic) bond motifs is 2. The summed E-state index contributed by atoms with van der Waals surface area (Å²) in [5, 5.41) is 2.03. The normalized spacial score (nSPS) is 28.8. The molecule has 0 radical (unpaired) electrons. The Labute approximate surface area is 262 Å². The van der Waals surface area contributed by atoms with Crippen LogP contribution in [0, 0.1) is 34.5 Å². The van der Waals surface area contributed by atoms with Crippen LogP contribution in [0.2, 0.25) is 0 Å². The number of nitroso groups, excluding NO2 is 1. The van der Waals surface area contributed by atoms with Crippen LogP contribution in [0.3, 0.4) is 0 Å². The highest BCUT2D eigenvalue weighted by Crippen LogP contribution is 2.55. The van der Waals surface area contributed by atoms with Crippen LogP contribution < -0.4 is 0 Å². The van der Waals surface area contributed by atoms with E-state index >= 15 is 0 Å². The molecule has 7 unspecified atom stereocenters. The topological polar surface area (TPSA) is 161 Å². The molecule has 2 aliphatic heterocycles. The zero-order chi connectivity index (χ0) is 32.1. The number of hydroxylamine groups is 2. The predicted molar refractivity (Wildman–Crippen MR) is 159 cm³/mol. The van der Waals surface area contributed by atoms with Gasteiger partial charge in [-0.3, -0.25) is 14.4 Å². The maximum absolute atomic E-state index is 13.9. The molecule has 2 heterocycles. The van der Waals surface area contributed by atoms with E-state index in [1.807, 2.05) is 0 Å². The number of carbonyl (C=O) groups excluding carboxylic acids is 3. The molecule has 0 N–H and O–H groups in total. The molecule has 46 heavy (non-hydrogen) atoms. The number of hydrogen-bond acceptors (Lipinski definition) is 10. The highest BCUT2D eigenvalue weighted by atomic mass is 32.2. The molecule has 1 saturated carbocycles. The number of benzene rings is 4. The minimum absolute atomic E-state index is 0.168. The summed E-state index contributed by atoms with van der Waals surface area (Å²) in [6, 6.07) is 21.1. The smallest absolute Gasteiger partial charge is 0.298 e. The number of imide groups is 1. The van der Waals surface area contributed by atoms with E-state index in [2.05, 4.69) is 0 Å². The standard InChI is InChI=1S/C32H23N2O10S2/c35-29-21-15-16-22-26(28(29)32(33(22)38)43-45(39,40)23-13-5-9-17-7-1-3-11-19(17)23)27-25(21)30(36)34(31(27)37)44-46(41,42)24-14-6-10-18-8-2-4-12-20(18)24/h1-16,21-22,25-28,32H/q+1. The number of amides is 2. The van der Waals surface area contributed by atoms with E-state index < -0.39 is 79.7 Å². The molecule has 12 nitrogen and oxygen atoms in total. The first-order valence-corrected chi connectivity index (χ1v) is 17.2. The molecular formula is C32H23N2O10S2+. The summed E-state index contributed by atoms with van der Waals surface area (Å²) in [5.41, 5.74) is 0. The second-order valence-corrected chi connectivity index (χ2v) is 14.8. The van der Waals surface area contributed by atoms with Gasteiger partial charge in [0.1, 0.15) is 15.7 Å². The van der Waals surface area contributed by atoms with Crippen LogP contribution in [0.15, 0.2) is 107 Å². The number of nitrogens with zero attached hydrogens (tertiary/aromatic N) is 2. The molecule has 4 aromatic rings. The number of carbonyl (C=O) groups is 3. The number of allylic oxidation sites excluding steroid dienone is 1. The van der Waals surface area contributed by atoms with Gasteiger partial charge in [-0.25, -0.2) is 0 Å². The molecule has 0 spiro atoms. The first-order valence-electron chi connectivity index (χ1n) is 14.4. The first kappa shape index (κ1) is 28.8. The first-order chi connectivity index (χ1) is 22.0. The van der Waals surface area contributed by atoms with Crippen molar-refractivity contribution in [1.82, 2.24) is 5.06 Å². The lowest BCUT2D eigenvalue weighted by Crippen LogP contribution is -2.49. The summed E-state index contributed by atoms with van der Waals surface area (Å²) in [7, 11) is -9.32. The van der Waals surface area contributed by atoms with Crippen LogP contribution in [-0.4, -0.2) is 56.5 Å². The minimum atomic E-state index is -4.72. The van der Waals surface area contributed by atoms with Crippen molar-refractivity contribution in [2.75, 3.05) is 0 Å². The van der Waals surface area contributed by atoms with Crippen molar-refractivity contribution in [2.24, 2.45) is 29.6 Å². The van der Waals surface area contributed by atoms with Crippen molar-refractivity contribution >= 4 is 59.4 Å². The molecule has 9 rings (SSSR count). The van der Waals surface area contributed by atoms with Gasteiger partial charge in [-0.15, -0.1) is 9.35 Å². The van der Waals surface area contributed by atoms with E-state index in [9.17, 15) is 36.1 Å². The Morgan fingerprint density at radius 2 is 1.17 bits per heavy atom. The summed E-state index contributed by atoms with van der Waals surface area (Å²) < 4.78 is 65.1. The lowest BCUT2D eigenvalue weighted by molar-refractivity contribution is -0.624. The largest absolute Gasteiger partial charge is 0.330 e. The van der Waals surface area contributed by atoms with Gasteiger partial charge in [-0.1, -0.05) is 78.9 Å². The third-order valence-corrected chi connectivity index (χ3v) is 12.0. The Balaban J connectivity index is 1.14. The number of hydrogen-bond donors (Lipinski definition) is 0. The fourth-order valence-electron chi connectivity index (χ4n) is 7.52. The van der Waals surface area contributed by atoms with Gasteiger partial charge in [0.2, 0.25) is 6.04 Å². The summed E-state index contributed by atoms with van der Waals surface area (Å²) in [4.78, 5) is 54.5. The van der Waals surface area contributed by atoms with E-state index in [1.165, 1.54) is 36.4 Å². The van der Waals surface area contributed by atoms with Gasteiger partial charge in [0.25, 0.3) is 11.8 Å². The van der Waals surface area contributed by atoms with E-state index in [1.54, 1.807) is 60.7 Å². The summed E-state index contributed by atoms with van der Waals surface area (Å²) in [6.45, 7) is 0. The molecule has 4 bridgehead atoms. The van der Waals surface area contributed by atoms with Crippen LogP contribution >= 0.6 is 0 Å². The van der Waals surface area contributed by atoms with Gasteiger partial charge in [-0.05, 0) is 29.0 Å². The molecule has 5 aliphatic rings. The third-order valence-electron chi connectivity index (χ3n) is 9.43. The maximum Gasteiger partial charge on any atom is 0.330 e. The van der Waals surface area contributed by atoms with Crippen LogP contribution in [0.4, 0.5) is 0 Å². The molecule has 4 aromatic carbocycles. The van der Waals surface area contributed by atoms with E-state index in [0.717, 1.165) is 0 Å². The second-order valence-electron chi connectivity index (χ2n) is 11.7. The SMILES string of the molecule is O=C1C2C=CC3C(C4C(=O)N(OS(=O)(=O)c5cccc6ccccc56)C(=O)C24)C1C(OS(=O)(=O)c1cccc2ccccc12)[N+]3=O. The van der Waals surface area contributed by atoms with Gasteiger partial charge in [0.05, 0.1) is 17.8 Å². The number of ketones is 1. The van der Waals surface area contributed by atoms with Crippen LogP contribution in [0.1, 0.15) is 0 Å². The summed E-state index contributed by atoms with van der Waals surface area (Å²) in [6.07, 6.45) is 0.932. The van der Waals surface area contributed by atoms with Crippen LogP contribution in [0.25, 0.3) is 21.5 Å². The molecule has 3 aliphatic carbocycles. The zero-order valence-corrected chi connectivity index (χ0v) is 25.2. The monoisotopic (exact) mass is 659 g/mol. The van der Waals surface area contributed by atoms with Crippen molar-refractivity contribution in [3.05, 3.63) is 102 Å². The Morgan fingerprint density at radius 3 is 1.80 bits per heavy atom. The van der Waals surface area contributed by atoms with Gasteiger partial charge >= 0.3 is 26.5 Å². The lowest BCUT2D eigenvalue weighted by atomic mass is 9.63. The Kier molecular flexibility index (Phi) is 6.22. The summed E-state index contributed by atoms with van der Waals surface area (Å²) in [5.74, 6) is -9.22. The number of rotatable bonds is 6. The molecule has 2 saturated heterocycles. The third kappa shape index (κ3) is 4.00. The minimum Gasteiger partial charge on any atom is -0.298 e. The Morgan fingerprint density at radius 1 is 0.630 bits per heavy atom. The van der Waals surface area contributed by atoms with Gasteiger partial charge in [-0.2, -0.15) is 21.0 Å². The van der Waals surface area contributed by atoms with Gasteiger partial charge in [0.15, 0.2) is 5.78 Å². The molecule has 2 amide bonds. The highest BCUT2D eigenvalue weighted by molar-refractivity contribution is 7.87. The zero-order valence-electron chi connectivity index (χ0n) is 23.6. The highest BCUT2D eigenvalue weighted by Gasteiger charge is 2.75. The predicted octanol–water partition coefficient (Wildman–Crippen LogP) is 3.11. The Bertz CT molecular complexity index is 2290. The Hall–Kier alpha value is -4.63. The molecule has 0 aromatic heterocycles. The molecule has 7 atom stereocenters. The fourth-order valence-corrected chi connectivity index (χ4v) is 9.91. The average molecular weight is 660 g/mol. The fraction of sp³-hybridized carbons (Fsp3) is 0.219. The van der Waals surface area contributed by atoms with Gasteiger partial charge < -0.3 is 0 Å². The quantitative estimate of drug-likeness (QED) is 0.130. The molecule has 14 heteroatoms. The van der Waals surface area contributed by atoms with Crippen molar-refractivity contribution in [3.8, 4) is 0 Å². The van der Waals surface area contributed by atoms with E-state index in [-0.39, 0.29) is 14.9 Å². The van der Waals surface area contributed by atoms with Gasteiger partial charge in [0, 0.05) is 26.4 Å². The maximum atomic E-state index is 13.9. The molecular weight excluding hydrogens is 636 g/mol.